The van der Waals surface area contributed by atoms with Crippen molar-refractivity contribution in [1.82, 2.24) is 30.1 Å². The van der Waals surface area contributed by atoms with Gasteiger partial charge in [0, 0.05) is 51.2 Å². The van der Waals surface area contributed by atoms with Crippen molar-refractivity contribution in [2.45, 2.75) is 45.8 Å². The van der Waals surface area contributed by atoms with Gasteiger partial charge in [0.1, 0.15) is 11.5 Å². The fourth-order valence-corrected chi connectivity index (χ4v) is 5.19. The van der Waals surface area contributed by atoms with E-state index < -0.39 is 5.97 Å². The maximum atomic E-state index is 12.8. The number of nitrogens with one attached hydrogen (secondary N) is 1. The van der Waals surface area contributed by atoms with Gasteiger partial charge in [0.25, 0.3) is 11.9 Å². The SMILES string of the molecule is CC(=O)O.CC(C)C1CN(c2cnc(C(=O)N3CCC(O)CC3)cn2)CCN1C(=Nc1cccc2ncccc12)NC#N. The molecule has 0 radical (unpaired) electrons. The van der Waals surface area contributed by atoms with Crippen molar-refractivity contribution in [3.05, 3.63) is 54.6 Å². The molecule has 2 aliphatic heterocycles. The average Bonchev–Trinajstić information content (AvgIpc) is 3.00. The minimum atomic E-state index is -0.833. The van der Waals surface area contributed by atoms with E-state index in [1.165, 1.54) is 6.20 Å². The Morgan fingerprint density at radius 1 is 1.07 bits per heavy atom. The topological polar surface area (TPSA) is 171 Å². The monoisotopic (exact) mass is 587 g/mol. The van der Waals surface area contributed by atoms with Crippen LogP contribution in [0, 0.1) is 17.4 Å². The van der Waals surface area contributed by atoms with E-state index >= 15 is 0 Å². The standard InChI is InChI=1S/C28H33N9O2.C2H4O2/c1-19(2)25-17-36(26-16-31-24(15-32-26)27(39)35-11-8-20(38)9-12-35)13-14-37(25)28(33-18-29)34-23-7-3-6-22-21(23)5-4-10-30-22;1-2(3)4/h3-7,10,15-16,19-20,25,38H,8-9,11-14,17H2,1-2H3,(H,33,34);1H3,(H,3,4). The quantitative estimate of drug-likeness (QED) is 0.177. The van der Waals surface area contributed by atoms with Gasteiger partial charge < -0.3 is 24.9 Å². The second-order valence-corrected chi connectivity index (χ2v) is 10.8. The van der Waals surface area contributed by atoms with Gasteiger partial charge in [-0.1, -0.05) is 19.9 Å². The number of benzene rings is 1. The third kappa shape index (κ3) is 7.92. The van der Waals surface area contributed by atoms with Crippen LogP contribution in [0.3, 0.4) is 0 Å². The molecule has 4 heterocycles. The summed E-state index contributed by atoms with van der Waals surface area (Å²) in [4.78, 5) is 46.1. The molecule has 0 saturated carbocycles. The van der Waals surface area contributed by atoms with Gasteiger partial charge in [-0.05, 0) is 43.0 Å². The zero-order chi connectivity index (χ0) is 30.9. The molecule has 5 rings (SSSR count). The zero-order valence-corrected chi connectivity index (χ0v) is 24.6. The van der Waals surface area contributed by atoms with Crippen LogP contribution < -0.4 is 10.2 Å². The summed E-state index contributed by atoms with van der Waals surface area (Å²) in [6, 6.07) is 9.69. The number of carboxylic acids is 1. The van der Waals surface area contributed by atoms with E-state index in [1.807, 2.05) is 30.3 Å². The van der Waals surface area contributed by atoms with Crippen molar-refractivity contribution in [3.8, 4) is 6.19 Å². The molecular weight excluding hydrogens is 550 g/mol. The number of fused-ring (bicyclic) bond motifs is 1. The molecule has 43 heavy (non-hydrogen) atoms. The Morgan fingerprint density at radius 2 is 1.81 bits per heavy atom. The summed E-state index contributed by atoms with van der Waals surface area (Å²) >= 11 is 0. The Bertz CT molecular complexity index is 1470. The van der Waals surface area contributed by atoms with Gasteiger partial charge in [-0.25, -0.2) is 15.0 Å². The maximum absolute atomic E-state index is 12.8. The van der Waals surface area contributed by atoms with Crippen LogP contribution in [0.4, 0.5) is 11.5 Å². The van der Waals surface area contributed by atoms with Crippen molar-refractivity contribution in [2.75, 3.05) is 37.6 Å². The number of rotatable bonds is 4. The number of aliphatic hydroxyl groups is 1. The average molecular weight is 588 g/mol. The van der Waals surface area contributed by atoms with E-state index in [0.717, 1.165) is 23.5 Å². The molecule has 2 aliphatic rings. The number of carboxylic acid groups (broad SMARTS) is 1. The number of aliphatic carboxylic acids is 1. The van der Waals surface area contributed by atoms with Gasteiger partial charge in [-0.3, -0.25) is 19.9 Å². The summed E-state index contributed by atoms with van der Waals surface area (Å²) in [6.07, 6.45) is 7.84. The van der Waals surface area contributed by atoms with Crippen LogP contribution in [-0.2, 0) is 4.79 Å². The highest BCUT2D eigenvalue weighted by Crippen LogP contribution is 2.27. The molecule has 0 spiro atoms. The third-order valence-electron chi connectivity index (χ3n) is 7.41. The summed E-state index contributed by atoms with van der Waals surface area (Å²) in [6.45, 7) is 8.36. The number of hydrogen-bond acceptors (Lipinski definition) is 9. The molecule has 13 nitrogen and oxygen atoms in total. The molecule has 13 heteroatoms. The van der Waals surface area contributed by atoms with Crippen molar-refractivity contribution in [1.29, 1.82) is 5.26 Å². The number of nitrogens with zero attached hydrogens (tertiary/aromatic N) is 8. The first kappa shape index (κ1) is 31.1. The van der Waals surface area contributed by atoms with Crippen molar-refractivity contribution >= 4 is 40.2 Å². The molecular formula is C30H37N9O4. The fourth-order valence-electron chi connectivity index (χ4n) is 5.19. The molecule has 2 fully saturated rings. The molecule has 2 saturated heterocycles. The number of pyridine rings is 1. The van der Waals surface area contributed by atoms with Crippen LogP contribution in [0.2, 0.25) is 0 Å². The summed E-state index contributed by atoms with van der Waals surface area (Å²) in [5.41, 5.74) is 1.91. The van der Waals surface area contributed by atoms with Crippen molar-refractivity contribution in [2.24, 2.45) is 10.9 Å². The predicted molar refractivity (Wildman–Crippen MR) is 162 cm³/mol. The Kier molecular flexibility index (Phi) is 10.4. The molecule has 1 atom stereocenters. The minimum absolute atomic E-state index is 0.0503. The molecule has 0 bridgehead atoms. The summed E-state index contributed by atoms with van der Waals surface area (Å²) in [5, 5.41) is 30.4. The molecule has 1 unspecified atom stereocenters. The van der Waals surface area contributed by atoms with Crippen molar-refractivity contribution in [3.63, 3.8) is 0 Å². The second kappa shape index (κ2) is 14.4. The molecule has 1 aromatic carbocycles. The largest absolute Gasteiger partial charge is 0.481 e. The number of nitriles is 1. The lowest BCUT2D eigenvalue weighted by Gasteiger charge is -2.44. The number of guanidine groups is 1. The smallest absolute Gasteiger partial charge is 0.300 e. The number of carbonyl (C=O) groups excluding carboxylic acids is 1. The number of aromatic nitrogens is 3. The predicted octanol–water partition coefficient (Wildman–Crippen LogP) is 2.62. The Morgan fingerprint density at radius 3 is 2.47 bits per heavy atom. The summed E-state index contributed by atoms with van der Waals surface area (Å²) in [5.74, 6) is 0.484. The molecule has 3 aromatic rings. The highest BCUT2D eigenvalue weighted by atomic mass is 16.4. The normalized spacial score (nSPS) is 17.7. The van der Waals surface area contributed by atoms with Gasteiger partial charge in [-0.15, -0.1) is 0 Å². The van der Waals surface area contributed by atoms with Crippen molar-refractivity contribution < 1.29 is 19.8 Å². The molecule has 0 aliphatic carbocycles. The van der Waals surface area contributed by atoms with Crippen LogP contribution in [0.1, 0.15) is 44.1 Å². The van der Waals surface area contributed by atoms with Crippen LogP contribution in [0.15, 0.2) is 53.9 Å². The first-order valence-corrected chi connectivity index (χ1v) is 14.3. The van der Waals surface area contributed by atoms with Gasteiger partial charge >= 0.3 is 0 Å². The number of carbonyl (C=O) groups is 2. The van der Waals surface area contributed by atoms with Crippen LogP contribution in [-0.4, -0.2) is 97.7 Å². The lowest BCUT2D eigenvalue weighted by Crippen LogP contribution is -2.59. The number of hydrogen-bond donors (Lipinski definition) is 3. The molecule has 2 aromatic heterocycles. The van der Waals surface area contributed by atoms with Crippen LogP contribution in [0.25, 0.3) is 10.9 Å². The lowest BCUT2D eigenvalue weighted by molar-refractivity contribution is -0.134. The molecule has 226 valence electrons. The number of piperazine rings is 1. The first-order chi connectivity index (χ1) is 20.7. The Hall–Kier alpha value is -4.83. The van der Waals surface area contributed by atoms with Crippen LogP contribution >= 0.6 is 0 Å². The molecule has 3 N–H and O–H groups in total. The third-order valence-corrected chi connectivity index (χ3v) is 7.41. The van der Waals surface area contributed by atoms with E-state index in [0.29, 0.717) is 63.0 Å². The Labute approximate surface area is 250 Å². The zero-order valence-electron chi connectivity index (χ0n) is 24.6. The minimum Gasteiger partial charge on any atom is -0.481 e. The van der Waals surface area contributed by atoms with E-state index in [2.05, 4.69) is 50.1 Å². The highest BCUT2D eigenvalue weighted by molar-refractivity contribution is 5.94. The number of likely N-dealkylation sites (tertiary alicyclic amines) is 1. The summed E-state index contributed by atoms with van der Waals surface area (Å²) in [7, 11) is 0. The number of piperidine rings is 1. The number of aliphatic imine (C=N–C) groups is 1. The van der Waals surface area contributed by atoms with Gasteiger partial charge in [0.15, 0.2) is 6.19 Å². The number of amides is 1. The van der Waals surface area contributed by atoms with E-state index in [1.54, 1.807) is 17.3 Å². The first-order valence-electron chi connectivity index (χ1n) is 14.3. The second-order valence-electron chi connectivity index (χ2n) is 10.8. The lowest BCUT2D eigenvalue weighted by atomic mass is 10.00. The van der Waals surface area contributed by atoms with E-state index in [-0.39, 0.29) is 24.0 Å². The number of aliphatic hydroxyl groups excluding tert-OH is 1. The number of anilines is 1. The van der Waals surface area contributed by atoms with Gasteiger partial charge in [0.05, 0.1) is 35.7 Å². The van der Waals surface area contributed by atoms with E-state index in [9.17, 15) is 15.2 Å². The summed E-state index contributed by atoms with van der Waals surface area (Å²) < 4.78 is 0. The van der Waals surface area contributed by atoms with Gasteiger partial charge in [0.2, 0.25) is 5.96 Å². The van der Waals surface area contributed by atoms with Crippen LogP contribution in [0.5, 0.6) is 0 Å². The molecule has 1 amide bonds. The fraction of sp³-hybridized carbons (Fsp3) is 0.433. The maximum Gasteiger partial charge on any atom is 0.300 e. The van der Waals surface area contributed by atoms with E-state index in [4.69, 9.17) is 14.9 Å². The van der Waals surface area contributed by atoms with Gasteiger partial charge in [-0.2, -0.15) is 5.26 Å². The Balaban J connectivity index is 0.000000996. The highest BCUT2D eigenvalue weighted by Gasteiger charge is 2.33.